The van der Waals surface area contributed by atoms with Crippen LogP contribution in [0.25, 0.3) is 0 Å². The van der Waals surface area contributed by atoms with E-state index in [1.54, 1.807) is 0 Å². The lowest BCUT2D eigenvalue weighted by Crippen LogP contribution is -2.27. The van der Waals surface area contributed by atoms with Crippen LogP contribution in [-0.4, -0.2) is 29.2 Å². The van der Waals surface area contributed by atoms with E-state index in [0.29, 0.717) is 4.31 Å². The van der Waals surface area contributed by atoms with Crippen molar-refractivity contribution in [3.8, 4) is 5.75 Å². The Hall–Kier alpha value is -2.78. The Balaban J connectivity index is 2.73. The van der Waals surface area contributed by atoms with Crippen molar-refractivity contribution in [2.24, 2.45) is 0 Å². The molecule has 0 unspecified atom stereocenters. The highest BCUT2D eigenvalue weighted by molar-refractivity contribution is 7.87. The monoisotopic (exact) mass is 324 g/mol. The number of nitrogens with zero attached hydrogens (tertiary/aromatic N) is 1. The van der Waals surface area contributed by atoms with Gasteiger partial charge in [-0.3, -0.25) is 4.55 Å². The molecular formula is C13H12N2O6S. The van der Waals surface area contributed by atoms with E-state index in [2.05, 4.69) is 0 Å². The minimum Gasteiger partial charge on any atom is -0.506 e. The van der Waals surface area contributed by atoms with Gasteiger partial charge in [0.25, 0.3) is 0 Å². The molecule has 2 aromatic carbocycles. The molecule has 0 spiro atoms. The highest BCUT2D eigenvalue weighted by Crippen LogP contribution is 2.34. The van der Waals surface area contributed by atoms with Crippen molar-refractivity contribution >= 4 is 33.3 Å². The minimum absolute atomic E-state index is 0.119. The molecule has 116 valence electrons. The van der Waals surface area contributed by atoms with Gasteiger partial charge in [-0.15, -0.1) is 0 Å². The standard InChI is InChI=1S/C13H12N2O6S/c14-10-7-8(5-6-12(10)16)15(22(19,20)21)11-4-2-1-3-9(11)13(17)18/h1-7,16H,14H2,(H,17,18)(H,19,20,21). The first kappa shape index (κ1) is 15.6. The quantitative estimate of drug-likeness (QED) is 0.380. The number of rotatable bonds is 4. The molecule has 5 N–H and O–H groups in total. The molecule has 0 amide bonds. The average molecular weight is 324 g/mol. The van der Waals surface area contributed by atoms with Crippen LogP contribution in [0.5, 0.6) is 5.75 Å². The molecule has 8 nitrogen and oxygen atoms in total. The Bertz CT molecular complexity index is 834. The van der Waals surface area contributed by atoms with Crippen molar-refractivity contribution in [2.75, 3.05) is 10.0 Å². The lowest BCUT2D eigenvalue weighted by Gasteiger charge is -2.22. The number of hydrogen-bond donors (Lipinski definition) is 4. The highest BCUT2D eigenvalue weighted by Gasteiger charge is 2.26. The second-order valence-electron chi connectivity index (χ2n) is 4.31. The van der Waals surface area contributed by atoms with Crippen LogP contribution in [0.1, 0.15) is 10.4 Å². The van der Waals surface area contributed by atoms with E-state index in [1.165, 1.54) is 30.3 Å². The molecule has 0 atom stereocenters. The third-order valence-electron chi connectivity index (χ3n) is 2.83. The van der Waals surface area contributed by atoms with Crippen LogP contribution >= 0.6 is 0 Å². The topological polar surface area (TPSA) is 141 Å². The number of nitrogen functional groups attached to an aromatic ring is 1. The third kappa shape index (κ3) is 2.95. The van der Waals surface area contributed by atoms with Crippen LogP contribution in [0.2, 0.25) is 0 Å². The molecule has 0 saturated carbocycles. The van der Waals surface area contributed by atoms with Crippen LogP contribution in [0.15, 0.2) is 42.5 Å². The summed E-state index contributed by atoms with van der Waals surface area (Å²) in [7, 11) is -4.82. The van der Waals surface area contributed by atoms with Gasteiger partial charge >= 0.3 is 16.3 Å². The fourth-order valence-corrected chi connectivity index (χ4v) is 2.68. The predicted molar refractivity (Wildman–Crippen MR) is 79.6 cm³/mol. The zero-order valence-electron chi connectivity index (χ0n) is 11.0. The number of carbonyl (C=O) groups is 1. The SMILES string of the molecule is Nc1cc(N(c2ccccc2C(=O)O)S(=O)(=O)O)ccc1O. The van der Waals surface area contributed by atoms with E-state index in [4.69, 9.17) is 10.8 Å². The van der Waals surface area contributed by atoms with E-state index in [9.17, 15) is 22.9 Å². The van der Waals surface area contributed by atoms with Gasteiger partial charge in [-0.1, -0.05) is 12.1 Å². The Labute approximate surface area is 125 Å². The Morgan fingerprint density at radius 3 is 2.32 bits per heavy atom. The van der Waals surface area contributed by atoms with Crippen LogP contribution in [-0.2, 0) is 10.3 Å². The number of hydrogen-bond acceptors (Lipinski definition) is 5. The van der Waals surface area contributed by atoms with E-state index < -0.39 is 16.3 Å². The number of phenols is 1. The summed E-state index contributed by atoms with van der Waals surface area (Å²) in [6.07, 6.45) is 0. The highest BCUT2D eigenvalue weighted by atomic mass is 32.2. The van der Waals surface area contributed by atoms with Crippen molar-refractivity contribution < 1.29 is 28.0 Å². The molecule has 0 saturated heterocycles. The van der Waals surface area contributed by atoms with Crippen LogP contribution in [0.3, 0.4) is 0 Å². The van der Waals surface area contributed by atoms with Crippen LogP contribution in [0, 0.1) is 0 Å². The molecule has 0 fully saturated rings. The maximum absolute atomic E-state index is 11.7. The summed E-state index contributed by atoms with van der Waals surface area (Å²) in [5, 5.41) is 18.6. The Morgan fingerprint density at radius 1 is 1.14 bits per heavy atom. The van der Waals surface area contributed by atoms with Crippen molar-refractivity contribution in [2.45, 2.75) is 0 Å². The second kappa shape index (κ2) is 5.54. The predicted octanol–water partition coefficient (Wildman–Crippen LogP) is 1.61. The molecule has 0 aliphatic rings. The molecule has 22 heavy (non-hydrogen) atoms. The first-order valence-electron chi connectivity index (χ1n) is 5.90. The van der Waals surface area contributed by atoms with E-state index in [0.717, 1.165) is 12.1 Å². The molecule has 0 aliphatic heterocycles. The van der Waals surface area contributed by atoms with Gasteiger partial charge in [-0.2, -0.15) is 8.42 Å². The van der Waals surface area contributed by atoms with E-state index >= 15 is 0 Å². The number of carboxylic acids is 1. The molecule has 0 radical (unpaired) electrons. The Morgan fingerprint density at radius 2 is 1.77 bits per heavy atom. The van der Waals surface area contributed by atoms with Gasteiger partial charge in [-0.05, 0) is 30.3 Å². The minimum atomic E-state index is -4.82. The first-order chi connectivity index (χ1) is 10.2. The number of phenolic OH excluding ortho intramolecular Hbond substituents is 1. The van der Waals surface area contributed by atoms with Gasteiger partial charge in [0.05, 0.1) is 22.6 Å². The van der Waals surface area contributed by atoms with E-state index in [-0.39, 0.29) is 28.4 Å². The summed E-state index contributed by atoms with van der Waals surface area (Å²) < 4.78 is 33.3. The Kier molecular flexibility index (Phi) is 3.93. The van der Waals surface area contributed by atoms with Crippen molar-refractivity contribution in [3.63, 3.8) is 0 Å². The average Bonchev–Trinajstić information content (AvgIpc) is 2.42. The molecule has 9 heteroatoms. The van der Waals surface area contributed by atoms with E-state index in [1.807, 2.05) is 0 Å². The summed E-state index contributed by atoms with van der Waals surface area (Å²) in [4.78, 5) is 11.2. The number of carboxylic acid groups (broad SMARTS) is 1. The summed E-state index contributed by atoms with van der Waals surface area (Å²) in [6, 6.07) is 8.66. The van der Waals surface area contributed by atoms with Gasteiger partial charge in [0.15, 0.2) is 0 Å². The molecule has 0 bridgehead atoms. The molecule has 0 heterocycles. The zero-order valence-corrected chi connectivity index (χ0v) is 11.9. The lowest BCUT2D eigenvalue weighted by atomic mass is 10.1. The van der Waals surface area contributed by atoms with Gasteiger partial charge in [0.1, 0.15) is 5.75 Å². The number of nitrogens with two attached hydrogens (primary N) is 1. The van der Waals surface area contributed by atoms with Crippen LogP contribution < -0.4 is 10.0 Å². The maximum atomic E-state index is 11.7. The molecule has 2 rings (SSSR count). The zero-order chi connectivity index (χ0) is 16.5. The summed E-state index contributed by atoms with van der Waals surface area (Å²) in [5.74, 6) is -1.64. The van der Waals surface area contributed by atoms with Gasteiger partial charge in [-0.25, -0.2) is 9.10 Å². The van der Waals surface area contributed by atoms with Crippen molar-refractivity contribution in [1.82, 2.24) is 0 Å². The summed E-state index contributed by atoms with van der Waals surface area (Å²) in [6.45, 7) is 0. The number of aromatic carboxylic acids is 1. The van der Waals surface area contributed by atoms with Crippen molar-refractivity contribution in [1.29, 1.82) is 0 Å². The first-order valence-corrected chi connectivity index (χ1v) is 7.30. The van der Waals surface area contributed by atoms with Crippen LogP contribution in [0.4, 0.5) is 17.1 Å². The molecular weight excluding hydrogens is 312 g/mol. The van der Waals surface area contributed by atoms with Gasteiger partial charge in [0, 0.05) is 0 Å². The van der Waals surface area contributed by atoms with Gasteiger partial charge < -0.3 is 15.9 Å². The third-order valence-corrected chi connectivity index (χ3v) is 3.70. The number of anilines is 3. The maximum Gasteiger partial charge on any atom is 0.364 e. The molecule has 0 aromatic heterocycles. The fourth-order valence-electron chi connectivity index (χ4n) is 1.90. The molecule has 2 aromatic rings. The number of para-hydroxylation sites is 1. The summed E-state index contributed by atoms with van der Waals surface area (Å²) in [5.41, 5.74) is 4.67. The number of aromatic hydroxyl groups is 1. The fraction of sp³-hybridized carbons (Fsp3) is 0. The second-order valence-corrected chi connectivity index (χ2v) is 5.57. The molecule has 0 aliphatic carbocycles. The normalized spacial score (nSPS) is 11.1. The summed E-state index contributed by atoms with van der Waals surface area (Å²) >= 11 is 0. The number of benzene rings is 2. The van der Waals surface area contributed by atoms with Crippen molar-refractivity contribution in [3.05, 3.63) is 48.0 Å². The largest absolute Gasteiger partial charge is 0.506 e. The lowest BCUT2D eigenvalue weighted by molar-refractivity contribution is 0.0698. The van der Waals surface area contributed by atoms with Gasteiger partial charge in [0.2, 0.25) is 0 Å². The smallest absolute Gasteiger partial charge is 0.364 e.